The Bertz CT molecular complexity index is 1170. The minimum atomic E-state index is -0.547. The van der Waals surface area contributed by atoms with Gasteiger partial charge in [0.05, 0.1) is 11.1 Å². The van der Waals surface area contributed by atoms with Gasteiger partial charge in [-0.15, -0.1) is 0 Å². The van der Waals surface area contributed by atoms with Crippen molar-refractivity contribution in [3.63, 3.8) is 0 Å². The Morgan fingerprint density at radius 3 is 2.61 bits per heavy atom. The molecule has 158 valence electrons. The summed E-state index contributed by atoms with van der Waals surface area (Å²) in [6.07, 6.45) is 2.61. The number of hydrogen-bond acceptors (Lipinski definition) is 5. The summed E-state index contributed by atoms with van der Waals surface area (Å²) in [5, 5.41) is 3.38. The maximum atomic E-state index is 13.0. The third kappa shape index (κ3) is 4.40. The fraction of sp³-hybridized carbons (Fsp3) is 0.250. The molecule has 1 heterocycles. The molecule has 0 saturated heterocycles. The van der Waals surface area contributed by atoms with Gasteiger partial charge in [0.2, 0.25) is 5.91 Å². The van der Waals surface area contributed by atoms with Gasteiger partial charge in [-0.1, -0.05) is 25.1 Å². The van der Waals surface area contributed by atoms with Crippen molar-refractivity contribution < 1.29 is 19.1 Å². The van der Waals surface area contributed by atoms with Crippen LogP contribution in [-0.4, -0.2) is 29.4 Å². The van der Waals surface area contributed by atoms with Gasteiger partial charge in [0.25, 0.3) is 5.91 Å². The molecule has 3 N–H and O–H groups in total. The Kier molecular flexibility index (Phi) is 5.66. The van der Waals surface area contributed by atoms with Crippen molar-refractivity contribution >= 4 is 34.4 Å². The molecule has 7 nitrogen and oxygen atoms in total. The van der Waals surface area contributed by atoms with Crippen LogP contribution in [0.3, 0.4) is 0 Å². The molecule has 0 spiro atoms. The number of aryl methyl sites for hydroxylation is 1. The molecular formula is C24H23N3O4. The molecule has 0 radical (unpaired) electrons. The lowest BCUT2D eigenvalue weighted by molar-refractivity contribution is -0.119. The van der Waals surface area contributed by atoms with Crippen molar-refractivity contribution in [2.45, 2.75) is 26.2 Å². The number of benzene rings is 2. The Balaban J connectivity index is 1.51. The van der Waals surface area contributed by atoms with Gasteiger partial charge in [-0.25, -0.2) is 4.79 Å². The van der Waals surface area contributed by atoms with Gasteiger partial charge >= 0.3 is 5.97 Å². The standard InChI is InChI=1S/C24H23N3O4/c1-14-6-11-20-18(12-14)22(17-4-2-3-5-19(17)27-20)24(30)31-13-21(28)26-16-9-7-15(8-10-16)23(25)29/h2-5,7-10,14H,6,11-13H2,1H3,(H2,25,29)(H,26,28)/t14-/m1/s1. The van der Waals surface area contributed by atoms with Crippen molar-refractivity contribution in [2.24, 2.45) is 11.7 Å². The highest BCUT2D eigenvalue weighted by Gasteiger charge is 2.26. The predicted octanol–water partition coefficient (Wildman–Crippen LogP) is 3.25. The summed E-state index contributed by atoms with van der Waals surface area (Å²) in [6.45, 7) is 1.74. The van der Waals surface area contributed by atoms with E-state index in [4.69, 9.17) is 15.5 Å². The van der Waals surface area contributed by atoms with Crippen LogP contribution < -0.4 is 11.1 Å². The van der Waals surface area contributed by atoms with Crippen molar-refractivity contribution in [1.82, 2.24) is 4.98 Å². The van der Waals surface area contributed by atoms with Crippen LogP contribution in [0.25, 0.3) is 10.9 Å². The van der Waals surface area contributed by atoms with Gasteiger partial charge in [-0.05, 0) is 61.1 Å². The first-order valence-electron chi connectivity index (χ1n) is 10.2. The van der Waals surface area contributed by atoms with Gasteiger partial charge in [0.1, 0.15) is 0 Å². The Hall–Kier alpha value is -3.74. The van der Waals surface area contributed by atoms with Gasteiger partial charge < -0.3 is 15.8 Å². The average Bonchev–Trinajstić information content (AvgIpc) is 2.76. The first-order chi connectivity index (χ1) is 14.9. The molecule has 7 heteroatoms. The monoisotopic (exact) mass is 417 g/mol. The number of para-hydroxylation sites is 1. The lowest BCUT2D eigenvalue weighted by Gasteiger charge is -2.24. The van der Waals surface area contributed by atoms with E-state index in [1.807, 2.05) is 24.3 Å². The van der Waals surface area contributed by atoms with E-state index in [-0.39, 0.29) is 0 Å². The Labute approximate surface area is 179 Å². The fourth-order valence-electron chi connectivity index (χ4n) is 3.91. The quantitative estimate of drug-likeness (QED) is 0.619. The topological polar surface area (TPSA) is 111 Å². The maximum Gasteiger partial charge on any atom is 0.339 e. The number of carbonyl (C=O) groups excluding carboxylic acids is 3. The second kappa shape index (κ2) is 8.55. The van der Waals surface area contributed by atoms with Crippen LogP contribution in [-0.2, 0) is 22.4 Å². The molecule has 1 aromatic heterocycles. The van der Waals surface area contributed by atoms with Crippen molar-refractivity contribution in [3.8, 4) is 0 Å². The summed E-state index contributed by atoms with van der Waals surface area (Å²) in [4.78, 5) is 41.2. The average molecular weight is 417 g/mol. The highest BCUT2D eigenvalue weighted by Crippen LogP contribution is 2.32. The Morgan fingerprint density at radius 2 is 1.87 bits per heavy atom. The number of anilines is 1. The SMILES string of the molecule is C[C@@H]1CCc2nc3ccccc3c(C(=O)OCC(=O)Nc3ccc(C(N)=O)cc3)c2C1. The number of fused-ring (bicyclic) bond motifs is 2. The zero-order valence-electron chi connectivity index (χ0n) is 17.2. The molecular weight excluding hydrogens is 394 g/mol. The number of carbonyl (C=O) groups is 3. The van der Waals surface area contributed by atoms with E-state index in [1.165, 1.54) is 12.1 Å². The van der Waals surface area contributed by atoms with Crippen LogP contribution in [0.1, 0.15) is 45.3 Å². The molecule has 3 aromatic rings. The van der Waals surface area contributed by atoms with Crippen LogP contribution in [0.5, 0.6) is 0 Å². The number of nitrogens with one attached hydrogen (secondary N) is 1. The van der Waals surface area contributed by atoms with Crippen LogP contribution in [0.2, 0.25) is 0 Å². The summed E-state index contributed by atoms with van der Waals surface area (Å²) < 4.78 is 5.38. The van der Waals surface area contributed by atoms with Crippen LogP contribution in [0.15, 0.2) is 48.5 Å². The molecule has 1 aliphatic carbocycles. The zero-order valence-corrected chi connectivity index (χ0v) is 17.2. The molecule has 0 bridgehead atoms. The largest absolute Gasteiger partial charge is 0.452 e. The third-order valence-electron chi connectivity index (χ3n) is 5.50. The second-order valence-electron chi connectivity index (χ2n) is 7.84. The summed E-state index contributed by atoms with van der Waals surface area (Å²) in [6, 6.07) is 13.6. The second-order valence-corrected chi connectivity index (χ2v) is 7.84. The first kappa shape index (κ1) is 20.5. The lowest BCUT2D eigenvalue weighted by atomic mass is 9.84. The minimum absolute atomic E-state index is 0.341. The van der Waals surface area contributed by atoms with E-state index in [1.54, 1.807) is 12.1 Å². The van der Waals surface area contributed by atoms with E-state index in [9.17, 15) is 14.4 Å². The normalized spacial score (nSPS) is 15.2. The number of primary amides is 1. The highest BCUT2D eigenvalue weighted by atomic mass is 16.5. The number of aromatic nitrogens is 1. The van der Waals surface area contributed by atoms with Crippen molar-refractivity contribution in [2.75, 3.05) is 11.9 Å². The van der Waals surface area contributed by atoms with Gasteiger partial charge in [-0.3, -0.25) is 14.6 Å². The molecule has 4 rings (SSSR count). The number of nitrogens with zero attached hydrogens (tertiary/aromatic N) is 1. The molecule has 0 unspecified atom stereocenters. The van der Waals surface area contributed by atoms with Crippen molar-refractivity contribution in [3.05, 3.63) is 70.9 Å². The van der Waals surface area contributed by atoms with Crippen LogP contribution in [0, 0.1) is 5.92 Å². The van der Waals surface area contributed by atoms with E-state index in [2.05, 4.69) is 12.2 Å². The molecule has 0 saturated carbocycles. The third-order valence-corrected chi connectivity index (χ3v) is 5.50. The molecule has 2 aromatic carbocycles. The highest BCUT2D eigenvalue weighted by molar-refractivity contribution is 6.06. The number of amides is 2. The summed E-state index contributed by atoms with van der Waals surface area (Å²) >= 11 is 0. The molecule has 1 atom stereocenters. The van der Waals surface area contributed by atoms with Crippen LogP contribution >= 0.6 is 0 Å². The lowest BCUT2D eigenvalue weighted by Crippen LogP contribution is -2.23. The van der Waals surface area contributed by atoms with Crippen molar-refractivity contribution in [1.29, 1.82) is 0 Å². The molecule has 0 fully saturated rings. The first-order valence-corrected chi connectivity index (χ1v) is 10.2. The smallest absolute Gasteiger partial charge is 0.339 e. The number of ether oxygens (including phenoxy) is 1. The summed E-state index contributed by atoms with van der Waals surface area (Å²) in [7, 11) is 0. The minimum Gasteiger partial charge on any atom is -0.452 e. The number of nitrogens with two attached hydrogens (primary N) is 1. The van der Waals surface area contributed by atoms with Gasteiger partial charge in [0, 0.05) is 22.3 Å². The van der Waals surface area contributed by atoms with Gasteiger partial charge in [-0.2, -0.15) is 0 Å². The number of hydrogen-bond donors (Lipinski definition) is 2. The molecule has 2 amide bonds. The number of pyridine rings is 1. The van der Waals surface area contributed by atoms with E-state index in [0.717, 1.165) is 41.4 Å². The fourth-order valence-corrected chi connectivity index (χ4v) is 3.91. The van der Waals surface area contributed by atoms with E-state index < -0.39 is 24.4 Å². The predicted molar refractivity (Wildman–Crippen MR) is 117 cm³/mol. The molecule has 31 heavy (non-hydrogen) atoms. The van der Waals surface area contributed by atoms with E-state index in [0.29, 0.717) is 22.7 Å². The Morgan fingerprint density at radius 1 is 1.13 bits per heavy atom. The van der Waals surface area contributed by atoms with Crippen LogP contribution in [0.4, 0.5) is 5.69 Å². The summed E-state index contributed by atoms with van der Waals surface area (Å²) in [5.41, 5.74) is 9.14. The maximum absolute atomic E-state index is 13.0. The molecule has 0 aliphatic heterocycles. The number of rotatable bonds is 5. The van der Waals surface area contributed by atoms with E-state index >= 15 is 0 Å². The zero-order chi connectivity index (χ0) is 22.0. The van der Waals surface area contributed by atoms with Gasteiger partial charge in [0.15, 0.2) is 6.61 Å². The number of esters is 1. The molecule has 1 aliphatic rings. The summed E-state index contributed by atoms with van der Waals surface area (Å²) in [5.74, 6) is -1.09.